The molecule has 0 radical (unpaired) electrons. The maximum atomic E-state index is 2.45. The minimum Gasteiger partial charge on any atom is -0.300 e. The summed E-state index contributed by atoms with van der Waals surface area (Å²) in [6.45, 7) is 25.2. The number of hydrogen-bond donors (Lipinski definition) is 0. The van der Waals surface area contributed by atoms with Crippen molar-refractivity contribution in [1.82, 2.24) is 4.90 Å². The molecule has 0 aromatic rings. The van der Waals surface area contributed by atoms with Crippen LogP contribution in [0.3, 0.4) is 0 Å². The zero-order valence-electron chi connectivity index (χ0n) is 20.0. The third-order valence-electron chi connectivity index (χ3n) is 3.72. The molecule has 0 amide bonds. The Morgan fingerprint density at radius 1 is 0.615 bits per heavy atom. The molecule has 0 aliphatic carbocycles. The molecule has 0 saturated heterocycles. The summed E-state index contributed by atoms with van der Waals surface area (Å²) in [6.07, 6.45) is 14.4. The summed E-state index contributed by atoms with van der Waals surface area (Å²) in [4.78, 5) is 2.45. The van der Waals surface area contributed by atoms with E-state index in [4.69, 9.17) is 0 Å². The van der Waals surface area contributed by atoms with Gasteiger partial charge < -0.3 is 4.90 Å². The Balaban J connectivity index is -0.000000768. The monoisotopic (exact) mass is 365 g/mol. The van der Waals surface area contributed by atoms with Crippen molar-refractivity contribution in [3.63, 3.8) is 0 Å². The second-order valence-corrected chi connectivity index (χ2v) is 7.36. The van der Waals surface area contributed by atoms with E-state index in [9.17, 15) is 0 Å². The summed E-state index contributed by atoms with van der Waals surface area (Å²) in [5, 5.41) is 0. The highest BCUT2D eigenvalue weighted by Gasteiger charge is 1.96. The third-order valence-corrected chi connectivity index (χ3v) is 3.72. The number of allylic oxidation sites excluding steroid dienone is 5. The first-order valence-electron chi connectivity index (χ1n) is 11.0. The molecule has 1 nitrogen and oxygen atoms in total. The average Bonchev–Trinajstić information content (AvgIpc) is 2.57. The fourth-order valence-electron chi connectivity index (χ4n) is 2.11. The van der Waals surface area contributed by atoms with Gasteiger partial charge in [0.05, 0.1) is 0 Å². The SMILES string of the molecule is CCC.CCC.CCN(CC)C/C=C(/C)CC/C=C(\C)CCC=C(C)C. The van der Waals surface area contributed by atoms with Crippen LogP contribution in [-0.4, -0.2) is 24.5 Å². The molecule has 0 aromatic carbocycles. The molecular weight excluding hydrogens is 314 g/mol. The van der Waals surface area contributed by atoms with Gasteiger partial charge in [0, 0.05) is 6.54 Å². The van der Waals surface area contributed by atoms with Crippen LogP contribution in [0.15, 0.2) is 34.9 Å². The van der Waals surface area contributed by atoms with Gasteiger partial charge in [0.15, 0.2) is 0 Å². The van der Waals surface area contributed by atoms with Crippen LogP contribution in [-0.2, 0) is 0 Å². The molecule has 0 rings (SSSR count). The lowest BCUT2D eigenvalue weighted by atomic mass is 10.1. The first kappa shape index (κ1) is 29.9. The molecule has 0 spiro atoms. The van der Waals surface area contributed by atoms with Gasteiger partial charge in [-0.05, 0) is 66.5 Å². The van der Waals surface area contributed by atoms with Gasteiger partial charge in [0.25, 0.3) is 0 Å². The fraction of sp³-hybridized carbons (Fsp3) is 0.760. The molecule has 0 saturated carbocycles. The highest BCUT2D eigenvalue weighted by atomic mass is 15.1. The molecule has 1 heteroatoms. The molecular formula is C25H51N. The van der Waals surface area contributed by atoms with Crippen LogP contribution in [0.2, 0.25) is 0 Å². The molecule has 0 atom stereocenters. The van der Waals surface area contributed by atoms with E-state index in [2.05, 4.69) is 92.4 Å². The molecule has 26 heavy (non-hydrogen) atoms. The van der Waals surface area contributed by atoms with Crippen LogP contribution >= 0.6 is 0 Å². The van der Waals surface area contributed by atoms with Crippen molar-refractivity contribution >= 4 is 0 Å². The van der Waals surface area contributed by atoms with E-state index < -0.39 is 0 Å². The number of hydrogen-bond acceptors (Lipinski definition) is 1. The summed E-state index contributed by atoms with van der Waals surface area (Å²) in [7, 11) is 0. The van der Waals surface area contributed by atoms with E-state index in [1.807, 2.05) is 0 Å². The standard InChI is InChI=1S/C19H35N.2C3H8/c1-7-20(8-2)16-15-19(6)14-10-13-18(5)12-9-11-17(3)4;2*1-3-2/h11,13,15H,7-10,12,14,16H2,1-6H3;2*3H2,1-2H3/b18-13+,19-15-;;. The Morgan fingerprint density at radius 3 is 1.38 bits per heavy atom. The van der Waals surface area contributed by atoms with Crippen molar-refractivity contribution in [1.29, 1.82) is 0 Å². The number of nitrogens with zero attached hydrogens (tertiary/aromatic N) is 1. The van der Waals surface area contributed by atoms with Crippen LogP contribution in [0.4, 0.5) is 0 Å². The van der Waals surface area contributed by atoms with Crippen molar-refractivity contribution < 1.29 is 0 Å². The van der Waals surface area contributed by atoms with Crippen LogP contribution in [0.5, 0.6) is 0 Å². The lowest BCUT2D eigenvalue weighted by Gasteiger charge is -2.15. The Bertz CT molecular complexity index is 350. The van der Waals surface area contributed by atoms with E-state index in [-0.39, 0.29) is 0 Å². The molecule has 0 bridgehead atoms. The van der Waals surface area contributed by atoms with Crippen molar-refractivity contribution in [2.45, 2.75) is 108 Å². The average molecular weight is 366 g/mol. The van der Waals surface area contributed by atoms with E-state index in [1.54, 1.807) is 0 Å². The smallest absolute Gasteiger partial charge is 0.0165 e. The zero-order chi connectivity index (χ0) is 20.8. The summed E-state index contributed by atoms with van der Waals surface area (Å²) >= 11 is 0. The third kappa shape index (κ3) is 28.0. The predicted octanol–water partition coefficient (Wildman–Crippen LogP) is 8.58. The zero-order valence-corrected chi connectivity index (χ0v) is 20.0. The molecule has 0 N–H and O–H groups in total. The first-order chi connectivity index (χ1) is 12.3. The molecule has 156 valence electrons. The Hall–Kier alpha value is -0.820. The maximum absolute atomic E-state index is 2.45. The van der Waals surface area contributed by atoms with Gasteiger partial charge in [-0.25, -0.2) is 0 Å². The van der Waals surface area contributed by atoms with Crippen molar-refractivity contribution in [2.75, 3.05) is 19.6 Å². The van der Waals surface area contributed by atoms with Crippen LogP contribution in [0.25, 0.3) is 0 Å². The lowest BCUT2D eigenvalue weighted by molar-refractivity contribution is 0.336. The van der Waals surface area contributed by atoms with Crippen LogP contribution in [0.1, 0.15) is 108 Å². The largest absolute Gasteiger partial charge is 0.300 e. The van der Waals surface area contributed by atoms with Gasteiger partial charge in [-0.1, -0.05) is 89.3 Å². The molecule has 0 unspecified atom stereocenters. The highest BCUT2D eigenvalue weighted by molar-refractivity contribution is 5.05. The fourth-order valence-corrected chi connectivity index (χ4v) is 2.11. The maximum Gasteiger partial charge on any atom is 0.0165 e. The molecule has 0 fully saturated rings. The van der Waals surface area contributed by atoms with E-state index in [0.29, 0.717) is 0 Å². The van der Waals surface area contributed by atoms with E-state index in [1.165, 1.54) is 55.2 Å². The summed E-state index contributed by atoms with van der Waals surface area (Å²) in [5.41, 5.74) is 4.47. The first-order valence-corrected chi connectivity index (χ1v) is 11.0. The predicted molar refractivity (Wildman–Crippen MR) is 125 cm³/mol. The van der Waals surface area contributed by atoms with Gasteiger partial charge >= 0.3 is 0 Å². The van der Waals surface area contributed by atoms with Crippen LogP contribution < -0.4 is 0 Å². The lowest BCUT2D eigenvalue weighted by Crippen LogP contribution is -2.22. The molecule has 0 aliphatic rings. The Morgan fingerprint density at radius 2 is 1.00 bits per heavy atom. The minimum absolute atomic E-state index is 1.10. The topological polar surface area (TPSA) is 3.24 Å². The van der Waals surface area contributed by atoms with Crippen molar-refractivity contribution in [2.24, 2.45) is 0 Å². The van der Waals surface area contributed by atoms with Crippen molar-refractivity contribution in [3.05, 3.63) is 34.9 Å². The number of rotatable bonds is 10. The van der Waals surface area contributed by atoms with Gasteiger partial charge in [-0.15, -0.1) is 0 Å². The molecule has 0 aliphatic heterocycles. The molecule has 0 heterocycles. The summed E-state index contributed by atoms with van der Waals surface area (Å²) < 4.78 is 0. The van der Waals surface area contributed by atoms with Gasteiger partial charge in [-0.3, -0.25) is 0 Å². The number of likely N-dealkylation sites (N-methyl/N-ethyl adjacent to an activating group) is 1. The normalized spacial score (nSPS) is 11.3. The van der Waals surface area contributed by atoms with Crippen LogP contribution in [0, 0.1) is 0 Å². The van der Waals surface area contributed by atoms with Crippen molar-refractivity contribution in [3.8, 4) is 0 Å². The van der Waals surface area contributed by atoms with E-state index in [0.717, 1.165) is 19.6 Å². The van der Waals surface area contributed by atoms with Gasteiger partial charge in [0.2, 0.25) is 0 Å². The summed E-state index contributed by atoms with van der Waals surface area (Å²) in [6, 6.07) is 0. The summed E-state index contributed by atoms with van der Waals surface area (Å²) in [5.74, 6) is 0. The Kier molecular flexibility index (Phi) is 27.8. The van der Waals surface area contributed by atoms with E-state index >= 15 is 0 Å². The van der Waals surface area contributed by atoms with Gasteiger partial charge in [-0.2, -0.15) is 0 Å². The molecule has 0 aromatic heterocycles. The Labute approximate surface area is 167 Å². The second-order valence-electron chi connectivity index (χ2n) is 7.36. The van der Waals surface area contributed by atoms with Gasteiger partial charge in [0.1, 0.15) is 0 Å². The highest BCUT2D eigenvalue weighted by Crippen LogP contribution is 2.11. The quantitative estimate of drug-likeness (QED) is 0.350. The second kappa shape index (κ2) is 24.2. The minimum atomic E-state index is 1.10.